The predicted molar refractivity (Wildman–Crippen MR) is 121 cm³/mol. The average molecular weight is 423 g/mol. The number of nitrogens with zero attached hydrogens (tertiary/aromatic N) is 4. The summed E-state index contributed by atoms with van der Waals surface area (Å²) >= 11 is 1.34. The summed E-state index contributed by atoms with van der Waals surface area (Å²) in [6.07, 6.45) is 1.84. The van der Waals surface area contributed by atoms with Gasteiger partial charge < -0.3 is 4.74 Å². The van der Waals surface area contributed by atoms with E-state index >= 15 is 0 Å². The lowest BCUT2D eigenvalue weighted by Crippen LogP contribution is -2.32. The maximum absolute atomic E-state index is 13.0. The van der Waals surface area contributed by atoms with Crippen molar-refractivity contribution in [3.63, 3.8) is 0 Å². The van der Waals surface area contributed by atoms with E-state index in [2.05, 4.69) is 4.99 Å². The highest BCUT2D eigenvalue weighted by molar-refractivity contribution is 8.18. The number of thioether (sulfide) groups is 1. The standard InChI is InChI=1S/C22H22N4O3S/c1-24-17-10-9-15(13-18(17)25(2)22(24)28)14-19-20(27)26(11-12-29-3)21(30-19)23-16-7-5-4-6-8-16/h4-10,13-14H,11-12H2,1-3H3. The van der Waals surface area contributed by atoms with Crippen molar-refractivity contribution in [2.45, 2.75) is 0 Å². The molecule has 30 heavy (non-hydrogen) atoms. The number of aliphatic imine (C=N–C) groups is 1. The van der Waals surface area contributed by atoms with Crippen molar-refractivity contribution in [3.8, 4) is 0 Å². The van der Waals surface area contributed by atoms with Crippen LogP contribution in [0.1, 0.15) is 5.56 Å². The fourth-order valence-electron chi connectivity index (χ4n) is 3.35. The fraction of sp³-hybridized carbons (Fsp3) is 0.227. The summed E-state index contributed by atoms with van der Waals surface area (Å²) in [7, 11) is 5.10. The van der Waals surface area contributed by atoms with E-state index in [0.717, 1.165) is 22.3 Å². The van der Waals surface area contributed by atoms with Crippen LogP contribution in [0.2, 0.25) is 0 Å². The topological polar surface area (TPSA) is 68.8 Å². The van der Waals surface area contributed by atoms with Gasteiger partial charge in [0.15, 0.2) is 5.17 Å². The van der Waals surface area contributed by atoms with Crippen LogP contribution in [0.3, 0.4) is 0 Å². The van der Waals surface area contributed by atoms with Crippen molar-refractivity contribution in [1.82, 2.24) is 14.0 Å². The van der Waals surface area contributed by atoms with Crippen molar-refractivity contribution in [2.24, 2.45) is 19.1 Å². The molecule has 0 aliphatic carbocycles. The van der Waals surface area contributed by atoms with Crippen LogP contribution in [-0.2, 0) is 23.6 Å². The van der Waals surface area contributed by atoms with Crippen LogP contribution < -0.4 is 5.69 Å². The van der Waals surface area contributed by atoms with Crippen molar-refractivity contribution in [2.75, 3.05) is 20.3 Å². The summed E-state index contributed by atoms with van der Waals surface area (Å²) in [5.74, 6) is -0.103. The first kappa shape index (κ1) is 20.2. The van der Waals surface area contributed by atoms with Gasteiger partial charge in [0.1, 0.15) is 0 Å². The number of benzene rings is 2. The number of para-hydroxylation sites is 1. The first-order valence-corrected chi connectivity index (χ1v) is 10.3. The molecule has 4 rings (SSSR count). The highest BCUT2D eigenvalue weighted by atomic mass is 32.2. The molecule has 0 N–H and O–H groups in total. The largest absolute Gasteiger partial charge is 0.383 e. The molecule has 2 heterocycles. The van der Waals surface area contributed by atoms with Crippen LogP contribution in [0.15, 0.2) is 63.2 Å². The lowest BCUT2D eigenvalue weighted by Gasteiger charge is -2.14. The fourth-order valence-corrected chi connectivity index (χ4v) is 4.37. The third-order valence-electron chi connectivity index (χ3n) is 4.98. The van der Waals surface area contributed by atoms with E-state index in [9.17, 15) is 9.59 Å². The molecule has 0 radical (unpaired) electrons. The summed E-state index contributed by atoms with van der Waals surface area (Å²) in [6, 6.07) is 15.3. The number of fused-ring (bicyclic) bond motifs is 1. The zero-order valence-corrected chi connectivity index (χ0v) is 17.8. The Morgan fingerprint density at radius 3 is 2.50 bits per heavy atom. The Morgan fingerprint density at radius 1 is 1.03 bits per heavy atom. The van der Waals surface area contributed by atoms with Gasteiger partial charge in [0.2, 0.25) is 0 Å². The van der Waals surface area contributed by atoms with Gasteiger partial charge in [-0.25, -0.2) is 9.79 Å². The summed E-state index contributed by atoms with van der Waals surface area (Å²) < 4.78 is 8.38. The molecule has 0 bridgehead atoms. The van der Waals surface area contributed by atoms with Gasteiger partial charge in [0.25, 0.3) is 5.91 Å². The van der Waals surface area contributed by atoms with Crippen molar-refractivity contribution >= 4 is 45.6 Å². The van der Waals surface area contributed by atoms with E-state index in [0.29, 0.717) is 23.2 Å². The summed E-state index contributed by atoms with van der Waals surface area (Å²) in [5.41, 5.74) is 3.23. The quantitative estimate of drug-likeness (QED) is 0.593. The number of carbonyl (C=O) groups is 1. The molecular weight excluding hydrogens is 400 g/mol. The molecule has 1 saturated heterocycles. The number of imidazole rings is 1. The van der Waals surface area contributed by atoms with Gasteiger partial charge in [-0.15, -0.1) is 0 Å². The number of methoxy groups -OCH3 is 1. The first-order valence-electron chi connectivity index (χ1n) is 9.49. The smallest absolute Gasteiger partial charge is 0.328 e. The first-order chi connectivity index (χ1) is 14.5. The number of hydrogen-bond acceptors (Lipinski definition) is 5. The summed E-state index contributed by atoms with van der Waals surface area (Å²) in [5, 5.41) is 0.627. The highest BCUT2D eigenvalue weighted by Crippen LogP contribution is 2.34. The van der Waals surface area contributed by atoms with Gasteiger partial charge in [0.05, 0.1) is 34.8 Å². The zero-order valence-electron chi connectivity index (χ0n) is 17.0. The number of amidine groups is 1. The third-order valence-corrected chi connectivity index (χ3v) is 5.99. The second kappa shape index (κ2) is 8.33. The molecule has 1 amide bonds. The molecule has 2 aromatic carbocycles. The monoisotopic (exact) mass is 422 g/mol. The molecule has 3 aromatic rings. The Bertz CT molecular complexity index is 1220. The maximum Gasteiger partial charge on any atom is 0.328 e. The predicted octanol–water partition coefficient (Wildman–Crippen LogP) is 3.13. The Kier molecular flexibility index (Phi) is 5.61. The minimum absolute atomic E-state index is 0.0795. The van der Waals surface area contributed by atoms with Crippen molar-refractivity contribution in [1.29, 1.82) is 0 Å². The van der Waals surface area contributed by atoms with Crippen LogP contribution in [0.4, 0.5) is 5.69 Å². The Morgan fingerprint density at radius 2 is 1.77 bits per heavy atom. The normalized spacial score (nSPS) is 17.0. The molecule has 0 spiro atoms. The summed E-state index contributed by atoms with van der Waals surface area (Å²) in [6.45, 7) is 0.850. The minimum Gasteiger partial charge on any atom is -0.383 e. The van der Waals surface area contributed by atoms with Crippen molar-refractivity contribution in [3.05, 3.63) is 69.5 Å². The van der Waals surface area contributed by atoms with Gasteiger partial charge >= 0.3 is 5.69 Å². The molecule has 1 aliphatic rings. The van der Waals surface area contributed by atoms with Gasteiger partial charge in [-0.3, -0.25) is 18.8 Å². The highest BCUT2D eigenvalue weighted by Gasteiger charge is 2.33. The number of rotatable bonds is 5. The Labute approximate surface area is 178 Å². The molecule has 7 nitrogen and oxygen atoms in total. The van der Waals surface area contributed by atoms with E-state index in [1.165, 1.54) is 11.8 Å². The van der Waals surface area contributed by atoms with E-state index in [1.54, 1.807) is 35.2 Å². The molecular formula is C22H22N4O3S. The van der Waals surface area contributed by atoms with Crippen LogP contribution in [0.25, 0.3) is 17.1 Å². The molecule has 0 saturated carbocycles. The molecule has 1 aromatic heterocycles. The Hall–Kier alpha value is -3.10. The SMILES string of the molecule is COCCN1C(=O)C(=Cc2ccc3c(c2)n(C)c(=O)n3C)SC1=Nc1ccccc1. The van der Waals surface area contributed by atoms with Crippen LogP contribution in [0.5, 0.6) is 0 Å². The molecule has 1 aliphatic heterocycles. The van der Waals surface area contributed by atoms with Gasteiger partial charge in [-0.05, 0) is 47.7 Å². The molecule has 0 unspecified atom stereocenters. The van der Waals surface area contributed by atoms with E-state index in [-0.39, 0.29) is 11.6 Å². The van der Waals surface area contributed by atoms with Gasteiger partial charge in [0, 0.05) is 21.2 Å². The summed E-state index contributed by atoms with van der Waals surface area (Å²) in [4.78, 5) is 32.1. The second-order valence-corrected chi connectivity index (χ2v) is 7.95. The van der Waals surface area contributed by atoms with Crippen LogP contribution in [0, 0.1) is 0 Å². The zero-order chi connectivity index (χ0) is 21.3. The van der Waals surface area contributed by atoms with Gasteiger partial charge in [-0.2, -0.15) is 0 Å². The number of hydrogen-bond donors (Lipinski definition) is 0. The average Bonchev–Trinajstić information content (AvgIpc) is 3.15. The number of carbonyl (C=O) groups excluding carboxylic acids is 1. The van der Waals surface area contributed by atoms with Crippen molar-refractivity contribution < 1.29 is 9.53 Å². The Balaban J connectivity index is 1.71. The van der Waals surface area contributed by atoms with E-state index < -0.39 is 0 Å². The van der Waals surface area contributed by atoms with E-state index in [1.807, 2.05) is 54.6 Å². The lowest BCUT2D eigenvalue weighted by molar-refractivity contribution is -0.122. The van der Waals surface area contributed by atoms with Crippen LogP contribution in [-0.4, -0.2) is 45.4 Å². The number of aromatic nitrogens is 2. The number of ether oxygens (including phenoxy) is 1. The minimum atomic E-state index is -0.103. The van der Waals surface area contributed by atoms with Crippen LogP contribution >= 0.6 is 11.8 Å². The third kappa shape index (κ3) is 3.71. The maximum atomic E-state index is 13.0. The number of amides is 1. The molecule has 8 heteroatoms. The molecule has 154 valence electrons. The molecule has 0 atom stereocenters. The van der Waals surface area contributed by atoms with E-state index in [4.69, 9.17) is 4.74 Å². The van der Waals surface area contributed by atoms with Gasteiger partial charge in [-0.1, -0.05) is 24.3 Å². The number of aryl methyl sites for hydroxylation is 2. The lowest BCUT2D eigenvalue weighted by atomic mass is 10.2. The molecule has 1 fully saturated rings. The second-order valence-electron chi connectivity index (χ2n) is 6.94.